The number of anilines is 1. The lowest BCUT2D eigenvalue weighted by atomic mass is 10.2. The number of hydrogen-bond donors (Lipinski definition) is 1. The monoisotopic (exact) mass is 242 g/mol. The molecule has 0 unspecified atom stereocenters. The van der Waals surface area contributed by atoms with Crippen LogP contribution in [0, 0.1) is 6.92 Å². The molecule has 0 radical (unpaired) electrons. The first-order valence-electron chi connectivity index (χ1n) is 4.29. The van der Waals surface area contributed by atoms with E-state index in [1.54, 1.807) is 24.5 Å². The molecular weight excluding hydrogens is 232 g/mol. The van der Waals surface area contributed by atoms with Gasteiger partial charge in [-0.1, -0.05) is 17.8 Å². The van der Waals surface area contributed by atoms with Crippen LogP contribution >= 0.6 is 11.8 Å². The van der Waals surface area contributed by atoms with E-state index in [9.17, 15) is 8.42 Å². The molecule has 0 aliphatic carbocycles. The van der Waals surface area contributed by atoms with E-state index in [-0.39, 0.29) is 4.90 Å². The highest BCUT2D eigenvalue weighted by Crippen LogP contribution is 2.29. The zero-order chi connectivity index (χ0) is 11.1. The van der Waals surface area contributed by atoms with Gasteiger partial charge in [-0.25, -0.2) is 0 Å². The minimum absolute atomic E-state index is 0.242. The first-order chi connectivity index (χ1) is 7.03. The van der Waals surface area contributed by atoms with E-state index in [2.05, 4.69) is 9.71 Å². The zero-order valence-electron chi connectivity index (χ0n) is 8.31. The average molecular weight is 242 g/mol. The lowest BCUT2D eigenvalue weighted by molar-refractivity contribution is 0.598. The summed E-state index contributed by atoms with van der Waals surface area (Å²) in [5.74, 6) is 0. The molecule has 4 nitrogen and oxygen atoms in total. The summed E-state index contributed by atoms with van der Waals surface area (Å²) in [7, 11) is -3.52. The third kappa shape index (κ3) is 1.87. The van der Waals surface area contributed by atoms with Crippen molar-refractivity contribution in [2.45, 2.75) is 11.8 Å². The van der Waals surface area contributed by atoms with Crippen LogP contribution in [0.4, 0.5) is 5.69 Å². The Balaban J connectivity index is 2.64. The Morgan fingerprint density at radius 1 is 1.40 bits per heavy atom. The Morgan fingerprint density at radius 3 is 2.80 bits per heavy atom. The molecule has 0 aromatic heterocycles. The van der Waals surface area contributed by atoms with Gasteiger partial charge in [0.2, 0.25) is 0 Å². The minimum Gasteiger partial charge on any atom is -0.333 e. The van der Waals surface area contributed by atoms with Crippen LogP contribution in [-0.2, 0) is 10.0 Å². The van der Waals surface area contributed by atoms with Gasteiger partial charge in [-0.15, -0.1) is 4.40 Å². The van der Waals surface area contributed by atoms with Crippen LogP contribution in [0.15, 0.2) is 27.5 Å². The molecule has 1 aliphatic heterocycles. The Bertz CT molecular complexity index is 535. The van der Waals surface area contributed by atoms with Gasteiger partial charge in [0.05, 0.1) is 5.69 Å². The molecule has 0 atom stereocenters. The second-order valence-electron chi connectivity index (χ2n) is 3.20. The molecule has 6 heteroatoms. The molecule has 0 bridgehead atoms. The molecule has 1 heterocycles. The predicted molar refractivity (Wildman–Crippen MR) is 62.9 cm³/mol. The molecule has 15 heavy (non-hydrogen) atoms. The summed E-state index contributed by atoms with van der Waals surface area (Å²) in [6.07, 6.45) is 1.78. The van der Waals surface area contributed by atoms with Crippen LogP contribution in [0.3, 0.4) is 0 Å². The second kappa shape index (κ2) is 3.53. The molecule has 1 N–H and O–H groups in total. The lowest BCUT2D eigenvalue weighted by Crippen LogP contribution is -2.18. The largest absolute Gasteiger partial charge is 0.333 e. The van der Waals surface area contributed by atoms with Gasteiger partial charge in [0.1, 0.15) is 4.90 Å². The van der Waals surface area contributed by atoms with E-state index in [0.717, 1.165) is 5.56 Å². The maximum atomic E-state index is 11.7. The number of sulfonamides is 1. The number of hydrogen-bond acceptors (Lipinski definition) is 4. The number of amidine groups is 1. The third-order valence-electron chi connectivity index (χ3n) is 2.05. The van der Waals surface area contributed by atoms with Gasteiger partial charge in [-0.3, -0.25) is 0 Å². The van der Waals surface area contributed by atoms with Crippen LogP contribution in [0.5, 0.6) is 0 Å². The fourth-order valence-electron chi connectivity index (χ4n) is 1.35. The van der Waals surface area contributed by atoms with Gasteiger partial charge in [0.25, 0.3) is 10.0 Å². The van der Waals surface area contributed by atoms with Crippen LogP contribution in [-0.4, -0.2) is 19.8 Å². The van der Waals surface area contributed by atoms with Crippen molar-refractivity contribution in [1.82, 2.24) is 0 Å². The van der Waals surface area contributed by atoms with E-state index in [1.165, 1.54) is 11.8 Å². The molecule has 0 saturated carbocycles. The van der Waals surface area contributed by atoms with Crippen molar-refractivity contribution in [3.63, 3.8) is 0 Å². The van der Waals surface area contributed by atoms with Crippen molar-refractivity contribution < 1.29 is 8.42 Å². The molecule has 0 saturated heterocycles. The predicted octanol–water partition coefficient (Wildman–Crippen LogP) is 1.83. The molecule has 2 rings (SSSR count). The second-order valence-corrected chi connectivity index (χ2v) is 5.57. The van der Waals surface area contributed by atoms with Crippen molar-refractivity contribution in [2.24, 2.45) is 4.40 Å². The van der Waals surface area contributed by atoms with Crippen LogP contribution in [0.2, 0.25) is 0 Å². The summed E-state index contributed by atoms with van der Waals surface area (Å²) < 4.78 is 27.1. The average Bonchev–Trinajstić information content (AvgIpc) is 2.15. The third-order valence-corrected chi connectivity index (χ3v) is 4.08. The number of benzene rings is 1. The van der Waals surface area contributed by atoms with Crippen molar-refractivity contribution in [3.8, 4) is 0 Å². The quantitative estimate of drug-likeness (QED) is 0.754. The fraction of sp³-hybridized carbons (Fsp3) is 0.222. The van der Waals surface area contributed by atoms with Crippen molar-refractivity contribution in [3.05, 3.63) is 23.8 Å². The summed E-state index contributed by atoms with van der Waals surface area (Å²) in [5.41, 5.74) is 1.62. The van der Waals surface area contributed by atoms with Crippen LogP contribution in [0.1, 0.15) is 5.56 Å². The van der Waals surface area contributed by atoms with Crippen LogP contribution in [0.25, 0.3) is 0 Å². The summed E-state index contributed by atoms with van der Waals surface area (Å²) in [5, 5.41) is 3.39. The van der Waals surface area contributed by atoms with Gasteiger partial charge in [0.15, 0.2) is 5.17 Å². The highest BCUT2D eigenvalue weighted by molar-refractivity contribution is 8.14. The molecule has 1 aliphatic rings. The summed E-state index contributed by atoms with van der Waals surface area (Å²) >= 11 is 1.28. The Morgan fingerprint density at radius 2 is 2.13 bits per heavy atom. The number of nitrogens with one attached hydrogen (secondary N) is 1. The van der Waals surface area contributed by atoms with Crippen molar-refractivity contribution in [2.75, 3.05) is 11.6 Å². The highest BCUT2D eigenvalue weighted by Gasteiger charge is 2.24. The first kappa shape index (κ1) is 10.5. The normalized spacial score (nSPS) is 17.6. The molecule has 0 amide bonds. The molecule has 0 fully saturated rings. The van der Waals surface area contributed by atoms with E-state index in [0.29, 0.717) is 10.9 Å². The minimum atomic E-state index is -3.52. The summed E-state index contributed by atoms with van der Waals surface area (Å²) in [6.45, 7) is 1.92. The number of rotatable bonds is 0. The number of aryl methyl sites for hydroxylation is 1. The van der Waals surface area contributed by atoms with Crippen LogP contribution < -0.4 is 5.32 Å². The molecule has 0 spiro atoms. The molecule has 80 valence electrons. The maximum Gasteiger partial charge on any atom is 0.286 e. The Labute approximate surface area is 92.8 Å². The van der Waals surface area contributed by atoms with E-state index >= 15 is 0 Å². The molecule has 1 aromatic carbocycles. The van der Waals surface area contributed by atoms with Gasteiger partial charge >= 0.3 is 0 Å². The standard InChI is InChI=1S/C9H10N2O2S2/c1-6-3-4-8-7(5-6)10-9(14-2)11-15(8,12)13/h3-5H,1-2H3,(H,10,11). The van der Waals surface area contributed by atoms with E-state index in [4.69, 9.17) is 0 Å². The first-order valence-corrected chi connectivity index (χ1v) is 6.96. The van der Waals surface area contributed by atoms with E-state index < -0.39 is 10.0 Å². The zero-order valence-corrected chi connectivity index (χ0v) is 9.95. The smallest absolute Gasteiger partial charge is 0.286 e. The Hall–Kier alpha value is -1.01. The summed E-state index contributed by atoms with van der Waals surface area (Å²) in [6, 6.07) is 5.14. The summed E-state index contributed by atoms with van der Waals surface area (Å²) in [4.78, 5) is 0.242. The lowest BCUT2D eigenvalue weighted by Gasteiger charge is -2.16. The highest BCUT2D eigenvalue weighted by atomic mass is 32.2. The van der Waals surface area contributed by atoms with Gasteiger partial charge in [-0.05, 0) is 30.9 Å². The topological polar surface area (TPSA) is 58.5 Å². The van der Waals surface area contributed by atoms with Crippen molar-refractivity contribution >= 4 is 32.6 Å². The van der Waals surface area contributed by atoms with Gasteiger partial charge < -0.3 is 5.32 Å². The number of fused-ring (bicyclic) bond motifs is 1. The SMILES string of the molecule is CSC1=NS(=O)(=O)c2ccc(C)cc2N1. The Kier molecular flexibility index (Phi) is 2.47. The van der Waals surface area contributed by atoms with Gasteiger partial charge in [-0.2, -0.15) is 8.42 Å². The van der Waals surface area contributed by atoms with E-state index in [1.807, 2.05) is 6.92 Å². The van der Waals surface area contributed by atoms with Crippen molar-refractivity contribution in [1.29, 1.82) is 0 Å². The molecule has 1 aromatic rings. The number of nitrogens with zero attached hydrogens (tertiary/aromatic N) is 1. The number of thioether (sulfide) groups is 1. The van der Waals surface area contributed by atoms with Gasteiger partial charge in [0, 0.05) is 0 Å². The fourth-order valence-corrected chi connectivity index (χ4v) is 3.15. The molecular formula is C9H10N2O2S2. The maximum absolute atomic E-state index is 11.7.